The summed E-state index contributed by atoms with van der Waals surface area (Å²) in [5.74, 6) is 0. The number of nitrogens with two attached hydrogens (primary N) is 1. The van der Waals surface area contributed by atoms with E-state index in [2.05, 4.69) is 0 Å². The van der Waals surface area contributed by atoms with E-state index in [0.717, 1.165) is 0 Å². The zero-order valence-corrected chi connectivity index (χ0v) is 9.25. The Hall–Kier alpha value is -1.99. The second-order valence-electron chi connectivity index (χ2n) is 3.43. The predicted octanol–water partition coefficient (Wildman–Crippen LogP) is 1.65. The molecule has 0 unspecified atom stereocenters. The van der Waals surface area contributed by atoms with Gasteiger partial charge in [-0.1, -0.05) is 11.6 Å². The third-order valence-corrected chi connectivity index (χ3v) is 2.74. The highest BCUT2D eigenvalue weighted by molar-refractivity contribution is 6.31. The molecule has 0 bridgehead atoms. The van der Waals surface area contributed by atoms with Gasteiger partial charge in [-0.2, -0.15) is 5.26 Å². The largest absolute Gasteiger partial charge is 0.397 e. The van der Waals surface area contributed by atoms with E-state index in [0.29, 0.717) is 15.9 Å². The first-order valence-corrected chi connectivity index (χ1v) is 4.92. The summed E-state index contributed by atoms with van der Waals surface area (Å²) < 4.78 is 1.39. The Morgan fingerprint density at radius 2 is 2.19 bits per heavy atom. The molecular weight excluding hydrogens is 226 g/mol. The smallest absolute Gasteiger partial charge is 0.270 e. The Balaban J connectivity index is 3.10. The number of anilines is 1. The normalized spacial score (nSPS) is 10.3. The van der Waals surface area contributed by atoms with Crippen LogP contribution in [0.5, 0.6) is 0 Å². The molecule has 0 aliphatic carbocycles. The van der Waals surface area contributed by atoms with E-state index in [9.17, 15) is 4.79 Å². The summed E-state index contributed by atoms with van der Waals surface area (Å²) in [7, 11) is 1.60. The van der Waals surface area contributed by atoms with Crippen molar-refractivity contribution in [2.45, 2.75) is 0 Å². The first kappa shape index (κ1) is 10.5. The fraction of sp³-hybridized carbons (Fsp3) is 0.0909. The maximum Gasteiger partial charge on any atom is 0.270 e. The van der Waals surface area contributed by atoms with Crippen molar-refractivity contribution >= 4 is 28.2 Å². The van der Waals surface area contributed by atoms with Crippen molar-refractivity contribution < 1.29 is 0 Å². The topological polar surface area (TPSA) is 71.8 Å². The van der Waals surface area contributed by atoms with Crippen molar-refractivity contribution in [1.29, 1.82) is 5.26 Å². The summed E-state index contributed by atoms with van der Waals surface area (Å²) in [6.07, 6.45) is 0. The highest BCUT2D eigenvalue weighted by atomic mass is 35.5. The number of halogens is 1. The molecule has 0 amide bonds. The van der Waals surface area contributed by atoms with Gasteiger partial charge in [0.1, 0.15) is 11.6 Å². The number of aryl methyl sites for hydroxylation is 1. The molecule has 1 aromatic heterocycles. The number of fused-ring (bicyclic) bond motifs is 1. The molecule has 0 saturated carbocycles. The van der Waals surface area contributed by atoms with Crippen LogP contribution in [0.2, 0.25) is 5.02 Å². The monoisotopic (exact) mass is 233 g/mol. The lowest BCUT2D eigenvalue weighted by molar-refractivity contribution is 0.902. The van der Waals surface area contributed by atoms with E-state index in [-0.39, 0.29) is 11.3 Å². The van der Waals surface area contributed by atoms with Crippen molar-refractivity contribution in [3.05, 3.63) is 39.1 Å². The number of nitriles is 1. The van der Waals surface area contributed by atoms with Gasteiger partial charge in [-0.25, -0.2) is 0 Å². The highest BCUT2D eigenvalue weighted by Crippen LogP contribution is 2.24. The Morgan fingerprint density at radius 1 is 1.50 bits per heavy atom. The van der Waals surface area contributed by atoms with E-state index >= 15 is 0 Å². The van der Waals surface area contributed by atoms with Gasteiger partial charge < -0.3 is 10.3 Å². The number of nitrogens with zero attached hydrogens (tertiary/aromatic N) is 2. The van der Waals surface area contributed by atoms with Gasteiger partial charge in [0.05, 0.1) is 11.2 Å². The second kappa shape index (κ2) is 3.54. The number of benzene rings is 1. The molecule has 2 rings (SSSR count). The Morgan fingerprint density at radius 3 is 2.81 bits per heavy atom. The van der Waals surface area contributed by atoms with Gasteiger partial charge in [-0.3, -0.25) is 4.79 Å². The molecule has 5 heteroatoms. The lowest BCUT2D eigenvalue weighted by atomic mass is 10.1. The molecule has 0 radical (unpaired) electrons. The van der Waals surface area contributed by atoms with Gasteiger partial charge in [0.25, 0.3) is 5.56 Å². The van der Waals surface area contributed by atoms with Crippen molar-refractivity contribution in [2.75, 3.05) is 5.73 Å². The highest BCUT2D eigenvalue weighted by Gasteiger charge is 2.12. The summed E-state index contributed by atoms with van der Waals surface area (Å²) >= 11 is 5.85. The first-order chi connectivity index (χ1) is 7.56. The quantitative estimate of drug-likeness (QED) is 0.752. The third kappa shape index (κ3) is 1.34. The average molecular weight is 234 g/mol. The van der Waals surface area contributed by atoms with Crippen molar-refractivity contribution in [3.63, 3.8) is 0 Å². The minimum atomic E-state index is -0.394. The standard InChI is InChI=1S/C11H8ClN3O/c1-15-9-3-2-6(12)4-7(9)10(14)8(5-13)11(15)16/h2-4H,14H2,1H3. The molecule has 0 aliphatic rings. The molecule has 0 atom stereocenters. The summed E-state index contributed by atoms with van der Waals surface area (Å²) in [4.78, 5) is 11.7. The Bertz CT molecular complexity index is 682. The van der Waals surface area contributed by atoms with Gasteiger partial charge in [-0.15, -0.1) is 0 Å². The van der Waals surface area contributed by atoms with Crippen LogP contribution in [0.1, 0.15) is 5.56 Å². The van der Waals surface area contributed by atoms with Crippen molar-refractivity contribution in [1.82, 2.24) is 4.57 Å². The van der Waals surface area contributed by atoms with Gasteiger partial charge in [0, 0.05) is 17.5 Å². The summed E-state index contributed by atoms with van der Waals surface area (Å²) in [6.45, 7) is 0. The molecule has 16 heavy (non-hydrogen) atoms. The Labute approximate surface area is 96.5 Å². The van der Waals surface area contributed by atoms with Crippen LogP contribution in [-0.2, 0) is 7.05 Å². The number of aromatic nitrogens is 1. The number of hydrogen-bond donors (Lipinski definition) is 1. The lowest BCUT2D eigenvalue weighted by Crippen LogP contribution is -2.21. The van der Waals surface area contributed by atoms with Crippen LogP contribution < -0.4 is 11.3 Å². The van der Waals surface area contributed by atoms with Gasteiger partial charge in [0.2, 0.25) is 0 Å². The maximum atomic E-state index is 11.7. The molecule has 0 aliphatic heterocycles. The minimum Gasteiger partial charge on any atom is -0.397 e. The summed E-state index contributed by atoms with van der Waals surface area (Å²) in [5.41, 5.74) is 6.18. The zero-order chi connectivity index (χ0) is 11.9. The molecule has 1 heterocycles. The summed E-state index contributed by atoms with van der Waals surface area (Å²) in [5, 5.41) is 10.0. The molecule has 1 aromatic carbocycles. The van der Waals surface area contributed by atoms with E-state index in [4.69, 9.17) is 22.6 Å². The van der Waals surface area contributed by atoms with E-state index in [1.165, 1.54) is 4.57 Å². The predicted molar refractivity (Wildman–Crippen MR) is 63.3 cm³/mol. The van der Waals surface area contributed by atoms with Crippen LogP contribution in [0.15, 0.2) is 23.0 Å². The molecular formula is C11H8ClN3O. The molecule has 2 aromatic rings. The number of rotatable bonds is 0. The molecule has 0 spiro atoms. The first-order valence-electron chi connectivity index (χ1n) is 4.54. The van der Waals surface area contributed by atoms with Gasteiger partial charge in [-0.05, 0) is 18.2 Å². The fourth-order valence-electron chi connectivity index (χ4n) is 1.65. The molecule has 2 N–H and O–H groups in total. The van der Waals surface area contributed by atoms with Crippen LogP contribution in [0.25, 0.3) is 10.9 Å². The van der Waals surface area contributed by atoms with E-state index < -0.39 is 5.56 Å². The summed E-state index contributed by atoms with van der Waals surface area (Å²) in [6, 6.07) is 6.84. The van der Waals surface area contributed by atoms with Crippen LogP contribution in [0.4, 0.5) is 5.69 Å². The van der Waals surface area contributed by atoms with Crippen LogP contribution in [0.3, 0.4) is 0 Å². The number of nitrogen functional groups attached to an aromatic ring is 1. The second-order valence-corrected chi connectivity index (χ2v) is 3.86. The van der Waals surface area contributed by atoms with Crippen molar-refractivity contribution in [2.24, 2.45) is 7.05 Å². The number of hydrogen-bond acceptors (Lipinski definition) is 3. The minimum absolute atomic E-state index is 0.0442. The van der Waals surface area contributed by atoms with E-state index in [1.54, 1.807) is 25.2 Å². The van der Waals surface area contributed by atoms with Gasteiger partial charge in [0.15, 0.2) is 0 Å². The Kier molecular flexibility index (Phi) is 2.33. The van der Waals surface area contributed by atoms with Crippen LogP contribution >= 0.6 is 11.6 Å². The van der Waals surface area contributed by atoms with Crippen molar-refractivity contribution in [3.8, 4) is 6.07 Å². The zero-order valence-electron chi connectivity index (χ0n) is 8.49. The van der Waals surface area contributed by atoms with E-state index in [1.807, 2.05) is 6.07 Å². The maximum absolute atomic E-state index is 11.7. The number of pyridine rings is 1. The molecule has 4 nitrogen and oxygen atoms in total. The van der Waals surface area contributed by atoms with Crippen LogP contribution in [-0.4, -0.2) is 4.57 Å². The van der Waals surface area contributed by atoms with Gasteiger partial charge >= 0.3 is 0 Å². The average Bonchev–Trinajstić information content (AvgIpc) is 2.27. The SMILES string of the molecule is Cn1c(=O)c(C#N)c(N)c2cc(Cl)ccc21. The molecule has 80 valence electrons. The third-order valence-electron chi connectivity index (χ3n) is 2.51. The lowest BCUT2D eigenvalue weighted by Gasteiger charge is -2.09. The molecule has 0 saturated heterocycles. The van der Waals surface area contributed by atoms with Crippen LogP contribution in [0, 0.1) is 11.3 Å². The molecule has 0 fully saturated rings. The fourth-order valence-corrected chi connectivity index (χ4v) is 1.82.